The van der Waals surface area contributed by atoms with Gasteiger partial charge in [0.05, 0.1) is 4.90 Å². The van der Waals surface area contributed by atoms with E-state index in [2.05, 4.69) is 0 Å². The van der Waals surface area contributed by atoms with Crippen LogP contribution in [0.5, 0.6) is 0 Å². The molecule has 17 heavy (non-hydrogen) atoms. The molecule has 3 nitrogen and oxygen atoms in total. The third kappa shape index (κ3) is 3.18. The molecule has 0 aliphatic carbocycles. The number of halogens is 2. The van der Waals surface area contributed by atoms with E-state index in [1.807, 2.05) is 6.92 Å². The molecule has 0 bridgehead atoms. The Labute approximate surface area is 106 Å². The van der Waals surface area contributed by atoms with Gasteiger partial charge in [0.1, 0.15) is 5.82 Å². The number of hydrogen-bond donors (Lipinski definition) is 0. The van der Waals surface area contributed by atoms with Gasteiger partial charge in [-0.1, -0.05) is 13.0 Å². The molecule has 6 heteroatoms. The molecule has 1 aromatic carbocycles. The fraction of sp³-hybridized carbons (Fsp3) is 0.455. The van der Waals surface area contributed by atoms with Gasteiger partial charge in [0.15, 0.2) is 0 Å². The van der Waals surface area contributed by atoms with Crippen LogP contribution in [0.3, 0.4) is 0 Å². The first-order chi connectivity index (χ1) is 7.93. The molecule has 0 aliphatic heterocycles. The summed E-state index contributed by atoms with van der Waals surface area (Å²) in [7, 11) is -2.18. The average Bonchev–Trinajstić information content (AvgIpc) is 2.29. The van der Waals surface area contributed by atoms with Crippen LogP contribution < -0.4 is 0 Å². The number of rotatable bonds is 5. The van der Waals surface area contributed by atoms with E-state index in [1.165, 1.54) is 23.5 Å². The van der Waals surface area contributed by atoms with Crippen LogP contribution in [0.4, 0.5) is 4.39 Å². The van der Waals surface area contributed by atoms with Gasteiger partial charge in [0.25, 0.3) is 0 Å². The topological polar surface area (TPSA) is 37.4 Å². The molecule has 0 saturated heterocycles. The molecule has 0 fully saturated rings. The zero-order chi connectivity index (χ0) is 13.1. The lowest BCUT2D eigenvalue weighted by Gasteiger charge is -2.18. The maximum absolute atomic E-state index is 13.1. The number of alkyl halides is 1. The first-order valence-corrected chi connectivity index (χ1v) is 7.21. The quantitative estimate of drug-likeness (QED) is 0.777. The van der Waals surface area contributed by atoms with Gasteiger partial charge in [0, 0.05) is 19.5 Å². The molecule has 0 spiro atoms. The first-order valence-electron chi connectivity index (χ1n) is 5.24. The molecule has 0 atom stereocenters. The molecule has 0 unspecified atom stereocenters. The molecule has 0 heterocycles. The lowest BCUT2D eigenvalue weighted by molar-refractivity contribution is 0.467. The molecular weight excluding hydrogens is 265 g/mol. The summed E-state index contributed by atoms with van der Waals surface area (Å²) in [4.78, 5) is -0.0524. The number of benzene rings is 1. The summed E-state index contributed by atoms with van der Waals surface area (Å²) in [6, 6.07) is 3.62. The lowest BCUT2D eigenvalue weighted by Crippen LogP contribution is -2.28. The van der Waals surface area contributed by atoms with E-state index in [0.717, 1.165) is 6.07 Å². The predicted octanol–water partition coefficient (Wildman–Crippen LogP) is 2.60. The molecule has 96 valence electrons. The molecule has 0 radical (unpaired) electrons. The minimum atomic E-state index is -3.66. The summed E-state index contributed by atoms with van der Waals surface area (Å²) in [5.74, 6) is -0.545. The number of hydrogen-bond acceptors (Lipinski definition) is 2. The second-order valence-corrected chi connectivity index (χ2v) is 5.99. The average molecular weight is 280 g/mol. The first kappa shape index (κ1) is 14.4. The van der Waals surface area contributed by atoms with Crippen molar-refractivity contribution < 1.29 is 12.8 Å². The third-order valence-electron chi connectivity index (χ3n) is 2.40. The summed E-state index contributed by atoms with van der Waals surface area (Å²) in [6.07, 6.45) is 0.696. The highest BCUT2D eigenvalue weighted by Gasteiger charge is 2.23. The van der Waals surface area contributed by atoms with Crippen molar-refractivity contribution in [1.29, 1.82) is 0 Å². The highest BCUT2D eigenvalue weighted by molar-refractivity contribution is 7.89. The van der Waals surface area contributed by atoms with Crippen LogP contribution in [-0.2, 0) is 15.9 Å². The lowest BCUT2D eigenvalue weighted by atomic mass is 10.2. The van der Waals surface area contributed by atoms with Crippen LogP contribution in [0.1, 0.15) is 18.9 Å². The van der Waals surface area contributed by atoms with E-state index >= 15 is 0 Å². The van der Waals surface area contributed by atoms with Crippen LogP contribution in [-0.4, -0.2) is 26.3 Å². The van der Waals surface area contributed by atoms with Gasteiger partial charge in [-0.15, -0.1) is 11.6 Å². The number of nitrogens with zero attached hydrogens (tertiary/aromatic N) is 1. The maximum Gasteiger partial charge on any atom is 0.243 e. The third-order valence-corrected chi connectivity index (χ3v) is 4.63. The zero-order valence-electron chi connectivity index (χ0n) is 9.78. The Bertz CT molecular complexity index is 490. The smallest absolute Gasteiger partial charge is 0.207 e. The van der Waals surface area contributed by atoms with Gasteiger partial charge in [-0.2, -0.15) is 0 Å². The Kier molecular flexibility index (Phi) is 4.91. The van der Waals surface area contributed by atoms with Crippen LogP contribution in [0, 0.1) is 5.82 Å². The van der Waals surface area contributed by atoms with Crippen molar-refractivity contribution in [3.63, 3.8) is 0 Å². The largest absolute Gasteiger partial charge is 0.243 e. The Morgan fingerprint density at radius 1 is 1.41 bits per heavy atom. The van der Waals surface area contributed by atoms with Crippen molar-refractivity contribution in [3.05, 3.63) is 29.6 Å². The van der Waals surface area contributed by atoms with E-state index in [1.54, 1.807) is 0 Å². The fourth-order valence-corrected chi connectivity index (χ4v) is 3.29. The van der Waals surface area contributed by atoms with Crippen LogP contribution in [0.2, 0.25) is 0 Å². The van der Waals surface area contributed by atoms with E-state index in [9.17, 15) is 12.8 Å². The van der Waals surface area contributed by atoms with E-state index in [4.69, 9.17) is 11.6 Å². The Balaban J connectivity index is 3.27. The van der Waals surface area contributed by atoms with Crippen LogP contribution in [0.15, 0.2) is 23.1 Å². The maximum atomic E-state index is 13.1. The molecule has 0 saturated carbocycles. The van der Waals surface area contributed by atoms with Crippen molar-refractivity contribution in [2.24, 2.45) is 0 Å². The molecule has 1 rings (SSSR count). The normalized spacial score (nSPS) is 12.1. The van der Waals surface area contributed by atoms with Crippen LogP contribution >= 0.6 is 11.6 Å². The second-order valence-electron chi connectivity index (χ2n) is 3.71. The molecule has 1 aromatic rings. The van der Waals surface area contributed by atoms with Gasteiger partial charge in [-0.3, -0.25) is 0 Å². The predicted molar refractivity (Wildman–Crippen MR) is 66.1 cm³/mol. The molecule has 0 N–H and O–H groups in total. The van der Waals surface area contributed by atoms with Crippen molar-refractivity contribution in [1.82, 2.24) is 4.31 Å². The molecule has 0 aliphatic rings. The van der Waals surface area contributed by atoms with Crippen LogP contribution in [0.25, 0.3) is 0 Å². The summed E-state index contributed by atoms with van der Waals surface area (Å²) < 4.78 is 38.7. The summed E-state index contributed by atoms with van der Waals surface area (Å²) >= 11 is 5.67. The van der Waals surface area contributed by atoms with Gasteiger partial charge in [-0.05, 0) is 24.1 Å². The Morgan fingerprint density at radius 2 is 2.06 bits per heavy atom. The second kappa shape index (κ2) is 5.80. The zero-order valence-corrected chi connectivity index (χ0v) is 11.4. The van der Waals surface area contributed by atoms with Crippen molar-refractivity contribution in [3.8, 4) is 0 Å². The highest BCUT2D eigenvalue weighted by Crippen LogP contribution is 2.22. The summed E-state index contributed by atoms with van der Waals surface area (Å²) in [5, 5.41) is 0. The molecular formula is C11H15ClFNO2S. The minimum Gasteiger partial charge on any atom is -0.207 e. The van der Waals surface area contributed by atoms with Gasteiger partial charge < -0.3 is 0 Å². The molecule has 0 amide bonds. The van der Waals surface area contributed by atoms with E-state index in [-0.39, 0.29) is 10.8 Å². The Hall–Kier alpha value is -0.650. The SMILES string of the molecule is CCCN(C)S(=O)(=O)c1cc(F)ccc1CCl. The molecule has 0 aromatic heterocycles. The van der Waals surface area contributed by atoms with Crippen molar-refractivity contribution in [2.75, 3.05) is 13.6 Å². The van der Waals surface area contributed by atoms with Gasteiger partial charge in [0.2, 0.25) is 10.0 Å². The fourth-order valence-electron chi connectivity index (χ4n) is 1.48. The van der Waals surface area contributed by atoms with E-state index < -0.39 is 15.8 Å². The standard InChI is InChI=1S/C11H15ClFNO2S/c1-3-6-14(2)17(15,16)11-7-10(13)5-4-9(11)8-12/h4-5,7H,3,6,8H2,1-2H3. The minimum absolute atomic E-state index is 0.0365. The monoisotopic (exact) mass is 279 g/mol. The highest BCUT2D eigenvalue weighted by atomic mass is 35.5. The van der Waals surface area contributed by atoms with Crippen molar-refractivity contribution in [2.45, 2.75) is 24.1 Å². The van der Waals surface area contributed by atoms with Gasteiger partial charge >= 0.3 is 0 Å². The Morgan fingerprint density at radius 3 is 2.59 bits per heavy atom. The summed E-state index contributed by atoms with van der Waals surface area (Å²) in [6.45, 7) is 2.26. The summed E-state index contributed by atoms with van der Waals surface area (Å²) in [5.41, 5.74) is 0.413. The van der Waals surface area contributed by atoms with Crippen molar-refractivity contribution >= 4 is 21.6 Å². The van der Waals surface area contributed by atoms with Gasteiger partial charge in [-0.25, -0.2) is 17.1 Å². The van der Waals surface area contributed by atoms with E-state index in [0.29, 0.717) is 18.5 Å². The number of sulfonamides is 1.